The van der Waals surface area contributed by atoms with Crippen molar-refractivity contribution in [2.75, 3.05) is 14.1 Å². The number of nitrogens with two attached hydrogens (primary N) is 1. The normalized spacial score (nSPS) is 30.6. The van der Waals surface area contributed by atoms with E-state index in [9.17, 15) is 39.9 Å². The van der Waals surface area contributed by atoms with Gasteiger partial charge in [0, 0.05) is 17.5 Å². The van der Waals surface area contributed by atoms with Gasteiger partial charge in [0.15, 0.2) is 11.4 Å². The quantitative estimate of drug-likeness (QED) is 0.307. The predicted molar refractivity (Wildman–Crippen MR) is 135 cm³/mol. The molecule has 6 atom stereocenters. The van der Waals surface area contributed by atoms with Crippen LogP contribution in [0.4, 0.5) is 0 Å². The number of phenolic OH excluding ortho intramolecular Hbond substituents is 1. The lowest BCUT2D eigenvalue weighted by atomic mass is 9.54. The molecule has 0 heterocycles. The Morgan fingerprint density at radius 3 is 2.34 bits per heavy atom. The van der Waals surface area contributed by atoms with Gasteiger partial charge in [-0.05, 0) is 61.2 Å². The number of aromatic hydroxyl groups is 1. The summed E-state index contributed by atoms with van der Waals surface area (Å²) in [6.07, 6.45) is -1.27. The monoisotopic (exact) mass is 522 g/mol. The summed E-state index contributed by atoms with van der Waals surface area (Å²) < 4.78 is 0. The molecule has 3 aliphatic rings. The Balaban J connectivity index is 1.68. The van der Waals surface area contributed by atoms with Crippen LogP contribution < -0.4 is 5.73 Å². The van der Waals surface area contributed by atoms with Gasteiger partial charge >= 0.3 is 0 Å². The van der Waals surface area contributed by atoms with Gasteiger partial charge in [-0.3, -0.25) is 14.4 Å². The van der Waals surface area contributed by atoms with E-state index in [4.69, 9.17) is 5.73 Å². The Kier molecular flexibility index (Phi) is 6.18. The van der Waals surface area contributed by atoms with Crippen LogP contribution in [0.25, 0.3) is 16.9 Å². The van der Waals surface area contributed by atoms with Crippen molar-refractivity contribution in [2.24, 2.45) is 23.5 Å². The molecule has 0 aromatic heterocycles. The van der Waals surface area contributed by atoms with Crippen molar-refractivity contribution < 1.29 is 39.9 Å². The summed E-state index contributed by atoms with van der Waals surface area (Å²) in [4.78, 5) is 40.9. The number of carbonyl (C=O) groups is 3. The number of phenols is 1. The molecule has 10 nitrogen and oxygen atoms in total. The highest BCUT2D eigenvalue weighted by atomic mass is 16.3. The van der Waals surface area contributed by atoms with Crippen LogP contribution in [0, 0.1) is 17.8 Å². The summed E-state index contributed by atoms with van der Waals surface area (Å²) in [5, 5.41) is 54.1. The first-order chi connectivity index (χ1) is 17.9. The van der Waals surface area contributed by atoms with Crippen molar-refractivity contribution in [1.29, 1.82) is 0 Å². The Hall–Kier alpha value is -3.57. The van der Waals surface area contributed by atoms with Gasteiger partial charge in [-0.15, -0.1) is 0 Å². The number of aliphatic hydroxyl groups is 4. The lowest BCUT2D eigenvalue weighted by Crippen LogP contribution is -2.73. The fourth-order valence-electron chi connectivity index (χ4n) is 6.66. The van der Waals surface area contributed by atoms with Gasteiger partial charge in [-0.2, -0.15) is 0 Å². The van der Waals surface area contributed by atoms with Crippen molar-refractivity contribution in [1.82, 2.24) is 4.90 Å². The molecule has 200 valence electrons. The Morgan fingerprint density at radius 2 is 1.76 bits per heavy atom. The van der Waals surface area contributed by atoms with E-state index in [0.717, 1.165) is 5.56 Å². The molecule has 0 spiro atoms. The maximum absolute atomic E-state index is 13.9. The minimum absolute atomic E-state index is 0.0364. The number of carbonyl (C=O) groups excluding carboxylic acids is 3. The number of aliphatic hydroxyl groups excluding tert-OH is 3. The molecule has 2 unspecified atom stereocenters. The largest absolute Gasteiger partial charge is 0.507 e. The zero-order valence-corrected chi connectivity index (χ0v) is 21.0. The molecule has 0 bridgehead atoms. The van der Waals surface area contributed by atoms with Gasteiger partial charge in [-0.1, -0.05) is 30.3 Å². The number of rotatable bonds is 4. The zero-order chi connectivity index (χ0) is 27.7. The number of fused-ring (bicyclic) bond motifs is 3. The minimum atomic E-state index is -2.68. The van der Waals surface area contributed by atoms with E-state index >= 15 is 0 Å². The summed E-state index contributed by atoms with van der Waals surface area (Å²) in [6.45, 7) is -0.121. The maximum Gasteiger partial charge on any atom is 0.230 e. The summed E-state index contributed by atoms with van der Waals surface area (Å²) in [5.74, 6) is -7.70. The number of likely N-dealkylation sites (N-methyl/N-ethyl adjacent to an activating group) is 1. The van der Waals surface area contributed by atoms with Gasteiger partial charge in [-0.25, -0.2) is 0 Å². The smallest absolute Gasteiger partial charge is 0.230 e. The maximum atomic E-state index is 13.9. The highest BCUT2D eigenvalue weighted by Gasteiger charge is 2.67. The van der Waals surface area contributed by atoms with Crippen molar-refractivity contribution in [3.05, 3.63) is 58.7 Å². The standard InChI is InChI=1S/C28H30N2O8/c1-30(2)22-17-10-14-9-16-15(13-5-3-12(11-31)4-6-13)7-8-18(32)20(16)23(33)19(14)25(35)28(17,38)26(36)21(24(22)34)27(29)37/h3-8,14,17,21-22,24,31-34,38H,9-11H2,1-2H3,(H2,29,37)/t14-,17-,21?,22-,24?,28-/m0/s1. The van der Waals surface area contributed by atoms with Gasteiger partial charge < -0.3 is 36.2 Å². The number of benzene rings is 2. The van der Waals surface area contributed by atoms with Gasteiger partial charge in [0.25, 0.3) is 0 Å². The summed E-state index contributed by atoms with van der Waals surface area (Å²) in [5.41, 5.74) is 5.35. The van der Waals surface area contributed by atoms with Crippen LogP contribution >= 0.6 is 0 Å². The number of nitrogens with zero attached hydrogens (tertiary/aromatic N) is 1. The van der Waals surface area contributed by atoms with Crippen LogP contribution in [-0.2, 0) is 27.4 Å². The topological polar surface area (TPSA) is 182 Å². The van der Waals surface area contributed by atoms with E-state index < -0.39 is 58.7 Å². The molecule has 2 saturated carbocycles. The third-order valence-electron chi connectivity index (χ3n) is 8.42. The summed E-state index contributed by atoms with van der Waals surface area (Å²) in [6, 6.07) is 9.28. The van der Waals surface area contributed by atoms with E-state index in [-0.39, 0.29) is 36.3 Å². The molecular weight excluding hydrogens is 492 g/mol. The van der Waals surface area contributed by atoms with E-state index in [1.54, 1.807) is 37.2 Å². The van der Waals surface area contributed by atoms with Crippen LogP contribution in [-0.4, -0.2) is 79.7 Å². The first-order valence-electron chi connectivity index (χ1n) is 12.4. The van der Waals surface area contributed by atoms with Crippen molar-refractivity contribution in [3.63, 3.8) is 0 Å². The molecule has 0 saturated heterocycles. The van der Waals surface area contributed by atoms with Gasteiger partial charge in [0.2, 0.25) is 11.7 Å². The lowest BCUT2D eigenvalue weighted by Gasteiger charge is -2.53. The predicted octanol–water partition coefficient (Wildman–Crippen LogP) is 0.288. The second kappa shape index (κ2) is 9.02. The molecule has 5 rings (SSSR count). The molecule has 0 aliphatic heterocycles. The van der Waals surface area contributed by atoms with E-state index in [1.807, 2.05) is 12.1 Å². The second-order valence-corrected chi connectivity index (χ2v) is 10.6. The first kappa shape index (κ1) is 26.1. The van der Waals surface area contributed by atoms with E-state index in [2.05, 4.69) is 0 Å². The van der Waals surface area contributed by atoms with Crippen LogP contribution in [0.5, 0.6) is 5.75 Å². The minimum Gasteiger partial charge on any atom is -0.507 e. The number of ketones is 2. The van der Waals surface area contributed by atoms with E-state index in [1.165, 1.54) is 6.07 Å². The van der Waals surface area contributed by atoms with Gasteiger partial charge in [0.05, 0.1) is 18.3 Å². The molecule has 0 radical (unpaired) electrons. The molecule has 2 aromatic carbocycles. The third-order valence-corrected chi connectivity index (χ3v) is 8.42. The highest BCUT2D eigenvalue weighted by Crippen LogP contribution is 2.53. The molecular formula is C28H30N2O8. The average molecular weight is 523 g/mol. The lowest BCUT2D eigenvalue weighted by molar-refractivity contribution is -0.184. The van der Waals surface area contributed by atoms with Crippen LogP contribution in [0.3, 0.4) is 0 Å². The fourth-order valence-corrected chi connectivity index (χ4v) is 6.66. The molecule has 2 fully saturated rings. The van der Waals surface area contributed by atoms with E-state index in [0.29, 0.717) is 16.7 Å². The summed E-state index contributed by atoms with van der Waals surface area (Å²) >= 11 is 0. The molecule has 2 aromatic rings. The first-order valence-corrected chi connectivity index (χ1v) is 12.4. The average Bonchev–Trinajstić information content (AvgIpc) is 2.86. The number of hydrogen-bond acceptors (Lipinski definition) is 9. The van der Waals surface area contributed by atoms with Crippen LogP contribution in [0.2, 0.25) is 0 Å². The molecule has 7 N–H and O–H groups in total. The molecule has 38 heavy (non-hydrogen) atoms. The SMILES string of the molecule is CN(C)[C@@H]1C(O)C(C(N)=O)C(=O)[C@@]2(O)C(=O)C3=C(O)c4c(O)ccc(-c5ccc(CO)cc5)c4C[C@H]3C[C@@H]12. The number of primary amides is 1. The third kappa shape index (κ3) is 3.52. The number of hydrogen-bond donors (Lipinski definition) is 6. The molecule has 1 amide bonds. The van der Waals surface area contributed by atoms with Gasteiger partial charge in [0.1, 0.15) is 17.4 Å². The molecule has 10 heteroatoms. The molecule has 3 aliphatic carbocycles. The highest BCUT2D eigenvalue weighted by molar-refractivity contribution is 6.25. The Labute approximate surface area is 218 Å². The van der Waals surface area contributed by atoms with Crippen LogP contribution in [0.1, 0.15) is 23.1 Å². The Morgan fingerprint density at radius 1 is 1.11 bits per heavy atom. The van der Waals surface area contributed by atoms with Crippen molar-refractivity contribution >= 4 is 23.2 Å². The zero-order valence-electron chi connectivity index (χ0n) is 21.0. The second-order valence-electron chi connectivity index (χ2n) is 10.6. The van der Waals surface area contributed by atoms with Crippen molar-refractivity contribution in [2.45, 2.75) is 37.2 Å². The van der Waals surface area contributed by atoms with Crippen LogP contribution in [0.15, 0.2) is 42.0 Å². The number of amides is 1. The Bertz CT molecular complexity index is 1380. The fraction of sp³-hybridized carbons (Fsp3) is 0.393. The van der Waals surface area contributed by atoms with Crippen molar-refractivity contribution in [3.8, 4) is 16.9 Å². The summed E-state index contributed by atoms with van der Waals surface area (Å²) in [7, 11) is 3.22. The number of Topliss-reactive ketones (excluding diaryl/α,β-unsaturated/α-hetero) is 2.